The van der Waals surface area contributed by atoms with Crippen LogP contribution in [0.25, 0.3) is 0 Å². The number of benzene rings is 1. The smallest absolute Gasteiger partial charge is 0.253 e. The first-order valence-corrected chi connectivity index (χ1v) is 7.39. The maximum atomic E-state index is 12.2. The van der Waals surface area contributed by atoms with Crippen LogP contribution in [-0.2, 0) is 11.3 Å². The Hall–Kier alpha value is -2.09. The molecule has 0 fully saturated rings. The zero-order chi connectivity index (χ0) is 16.8. The molecule has 4 N–H and O–H groups in total. The fourth-order valence-corrected chi connectivity index (χ4v) is 2.23. The summed E-state index contributed by atoms with van der Waals surface area (Å²) in [5.74, 6) is -0.507. The van der Waals surface area contributed by atoms with Crippen LogP contribution in [0.15, 0.2) is 30.3 Å². The van der Waals surface area contributed by atoms with Crippen molar-refractivity contribution in [3.05, 3.63) is 47.3 Å². The molecular formula is C16H23Cl2N5O2. The van der Waals surface area contributed by atoms with Gasteiger partial charge in [-0.05, 0) is 32.0 Å². The maximum absolute atomic E-state index is 12.2. The number of amides is 2. The van der Waals surface area contributed by atoms with Crippen LogP contribution in [0.3, 0.4) is 0 Å². The number of para-hydroxylation sites is 1. The molecule has 1 aromatic heterocycles. The lowest BCUT2D eigenvalue weighted by molar-refractivity contribution is -0.116. The van der Waals surface area contributed by atoms with Crippen LogP contribution < -0.4 is 16.4 Å². The fraction of sp³-hybridized carbons (Fsp3) is 0.312. The van der Waals surface area contributed by atoms with E-state index in [-0.39, 0.29) is 43.2 Å². The number of hydrogen-bond donors (Lipinski definition) is 3. The minimum Gasteiger partial charge on any atom is -0.351 e. The van der Waals surface area contributed by atoms with Crippen molar-refractivity contribution in [3.63, 3.8) is 0 Å². The molecule has 1 aromatic carbocycles. The Labute approximate surface area is 159 Å². The van der Waals surface area contributed by atoms with Crippen molar-refractivity contribution in [1.29, 1.82) is 0 Å². The Morgan fingerprint density at radius 3 is 2.48 bits per heavy atom. The number of nitrogens with one attached hydrogen (secondary N) is 2. The van der Waals surface area contributed by atoms with Crippen LogP contribution in [0.1, 0.15) is 21.7 Å². The number of rotatable bonds is 6. The Balaban J connectivity index is 0.00000288. The number of nitrogens with two attached hydrogens (primary N) is 1. The Morgan fingerprint density at radius 1 is 1.20 bits per heavy atom. The molecule has 7 nitrogen and oxygen atoms in total. The van der Waals surface area contributed by atoms with Gasteiger partial charge >= 0.3 is 0 Å². The van der Waals surface area contributed by atoms with E-state index < -0.39 is 0 Å². The monoisotopic (exact) mass is 387 g/mol. The molecule has 0 spiro atoms. The first-order valence-electron chi connectivity index (χ1n) is 7.39. The molecule has 0 aliphatic carbocycles. The molecule has 0 bridgehead atoms. The Bertz CT molecular complexity index is 718. The summed E-state index contributed by atoms with van der Waals surface area (Å²) in [5.41, 5.74) is 8.02. The quantitative estimate of drug-likeness (QED) is 0.701. The van der Waals surface area contributed by atoms with E-state index in [1.807, 2.05) is 19.9 Å². The van der Waals surface area contributed by atoms with Gasteiger partial charge in [0.05, 0.1) is 16.9 Å². The average Bonchev–Trinajstić information content (AvgIpc) is 2.82. The van der Waals surface area contributed by atoms with Crippen molar-refractivity contribution in [2.75, 3.05) is 18.4 Å². The van der Waals surface area contributed by atoms with Crippen LogP contribution in [0.5, 0.6) is 0 Å². The third-order valence-electron chi connectivity index (χ3n) is 3.27. The van der Waals surface area contributed by atoms with Crippen LogP contribution in [-0.4, -0.2) is 34.7 Å². The van der Waals surface area contributed by atoms with E-state index in [9.17, 15) is 9.59 Å². The van der Waals surface area contributed by atoms with Gasteiger partial charge < -0.3 is 16.4 Å². The molecule has 0 saturated carbocycles. The number of carbonyl (C=O) groups is 2. The first-order chi connectivity index (χ1) is 11.0. The minimum atomic E-state index is -0.266. The highest BCUT2D eigenvalue weighted by atomic mass is 35.5. The van der Waals surface area contributed by atoms with Crippen LogP contribution >= 0.6 is 24.8 Å². The third-order valence-corrected chi connectivity index (χ3v) is 3.27. The van der Waals surface area contributed by atoms with Crippen molar-refractivity contribution in [2.24, 2.45) is 5.73 Å². The molecule has 138 valence electrons. The lowest BCUT2D eigenvalue weighted by atomic mass is 10.1. The van der Waals surface area contributed by atoms with Gasteiger partial charge in [0, 0.05) is 18.8 Å². The summed E-state index contributed by atoms with van der Waals surface area (Å²) in [6.07, 6.45) is 0. The topological polar surface area (TPSA) is 102 Å². The van der Waals surface area contributed by atoms with Gasteiger partial charge in [0.1, 0.15) is 6.54 Å². The normalized spacial score (nSPS) is 9.56. The molecular weight excluding hydrogens is 365 g/mol. The Kier molecular flexibility index (Phi) is 9.81. The molecule has 2 rings (SSSR count). The van der Waals surface area contributed by atoms with Crippen molar-refractivity contribution < 1.29 is 9.59 Å². The second-order valence-electron chi connectivity index (χ2n) is 5.22. The second-order valence-corrected chi connectivity index (χ2v) is 5.22. The van der Waals surface area contributed by atoms with Crippen LogP contribution in [0.2, 0.25) is 0 Å². The summed E-state index contributed by atoms with van der Waals surface area (Å²) >= 11 is 0. The summed E-state index contributed by atoms with van der Waals surface area (Å²) in [7, 11) is 0. The molecule has 2 aromatic rings. The molecule has 0 aliphatic heterocycles. The number of halogens is 2. The van der Waals surface area contributed by atoms with Crippen LogP contribution in [0, 0.1) is 13.8 Å². The van der Waals surface area contributed by atoms with E-state index in [0.717, 1.165) is 11.4 Å². The molecule has 0 radical (unpaired) electrons. The zero-order valence-electron chi connectivity index (χ0n) is 14.1. The predicted octanol–water partition coefficient (Wildman–Crippen LogP) is 1.67. The SMILES string of the molecule is Cc1cc(C)n(CC(=O)Nc2ccccc2C(=O)NCCN)n1.Cl.Cl. The molecule has 0 aliphatic rings. The fourth-order valence-electron chi connectivity index (χ4n) is 2.23. The standard InChI is InChI=1S/C16H21N5O2.2ClH/c1-11-9-12(2)21(20-11)10-15(22)19-14-6-4-3-5-13(14)16(23)18-8-7-17;;/h3-6,9H,7-8,10,17H2,1-2H3,(H,18,23)(H,19,22);2*1H. The number of aromatic nitrogens is 2. The van der Waals surface area contributed by atoms with E-state index in [4.69, 9.17) is 5.73 Å². The molecule has 9 heteroatoms. The van der Waals surface area contributed by atoms with Crippen molar-refractivity contribution in [2.45, 2.75) is 20.4 Å². The van der Waals surface area contributed by atoms with Gasteiger partial charge in [0.25, 0.3) is 5.91 Å². The highest BCUT2D eigenvalue weighted by Crippen LogP contribution is 2.15. The van der Waals surface area contributed by atoms with E-state index in [0.29, 0.717) is 24.3 Å². The summed E-state index contributed by atoms with van der Waals surface area (Å²) < 4.78 is 1.63. The highest BCUT2D eigenvalue weighted by Gasteiger charge is 2.13. The van der Waals surface area contributed by atoms with E-state index in [1.165, 1.54) is 0 Å². The van der Waals surface area contributed by atoms with Gasteiger partial charge in [0.2, 0.25) is 5.91 Å². The average molecular weight is 388 g/mol. The first kappa shape index (κ1) is 22.9. The predicted molar refractivity (Wildman–Crippen MR) is 103 cm³/mol. The molecule has 0 unspecified atom stereocenters. The number of carbonyl (C=O) groups excluding carboxylic acids is 2. The van der Waals surface area contributed by atoms with Gasteiger partial charge in [-0.1, -0.05) is 12.1 Å². The van der Waals surface area contributed by atoms with Gasteiger partial charge in [-0.25, -0.2) is 0 Å². The molecule has 1 heterocycles. The maximum Gasteiger partial charge on any atom is 0.253 e. The molecule has 25 heavy (non-hydrogen) atoms. The lowest BCUT2D eigenvalue weighted by Crippen LogP contribution is -2.30. The highest BCUT2D eigenvalue weighted by molar-refractivity contribution is 6.03. The van der Waals surface area contributed by atoms with Crippen molar-refractivity contribution >= 4 is 42.3 Å². The third kappa shape index (κ3) is 6.38. The van der Waals surface area contributed by atoms with Crippen molar-refractivity contribution in [3.8, 4) is 0 Å². The Morgan fingerprint density at radius 2 is 1.88 bits per heavy atom. The van der Waals surface area contributed by atoms with Gasteiger partial charge in [-0.3, -0.25) is 14.3 Å². The van der Waals surface area contributed by atoms with Crippen LogP contribution in [0.4, 0.5) is 5.69 Å². The molecule has 2 amide bonds. The molecule has 0 atom stereocenters. The number of nitrogens with zero attached hydrogens (tertiary/aromatic N) is 2. The summed E-state index contributed by atoms with van der Waals surface area (Å²) in [4.78, 5) is 24.3. The number of aryl methyl sites for hydroxylation is 2. The summed E-state index contributed by atoms with van der Waals surface area (Å²) in [6, 6.07) is 8.76. The van der Waals surface area contributed by atoms with E-state index in [2.05, 4.69) is 15.7 Å². The number of anilines is 1. The number of hydrogen-bond acceptors (Lipinski definition) is 4. The minimum absolute atomic E-state index is 0. The summed E-state index contributed by atoms with van der Waals surface area (Å²) in [6.45, 7) is 4.60. The van der Waals surface area contributed by atoms with Gasteiger partial charge in [-0.15, -0.1) is 24.8 Å². The second kappa shape index (κ2) is 10.7. The van der Waals surface area contributed by atoms with E-state index >= 15 is 0 Å². The molecule has 0 saturated heterocycles. The van der Waals surface area contributed by atoms with Gasteiger partial charge in [0.15, 0.2) is 0 Å². The summed E-state index contributed by atoms with van der Waals surface area (Å²) in [5, 5.41) is 9.71. The van der Waals surface area contributed by atoms with Crippen molar-refractivity contribution in [1.82, 2.24) is 15.1 Å². The van der Waals surface area contributed by atoms with Gasteiger partial charge in [-0.2, -0.15) is 5.10 Å². The van der Waals surface area contributed by atoms with E-state index in [1.54, 1.807) is 28.9 Å². The largest absolute Gasteiger partial charge is 0.351 e. The lowest BCUT2D eigenvalue weighted by Gasteiger charge is -2.11. The zero-order valence-corrected chi connectivity index (χ0v) is 15.7.